The van der Waals surface area contributed by atoms with E-state index in [1.807, 2.05) is 22.9 Å². The number of amides is 1. The van der Waals surface area contributed by atoms with Gasteiger partial charge in [0.25, 0.3) is 5.91 Å². The molecule has 0 unspecified atom stereocenters. The van der Waals surface area contributed by atoms with Gasteiger partial charge in [0.15, 0.2) is 0 Å². The number of hydrogen-bond acceptors (Lipinski definition) is 3. The fourth-order valence-electron chi connectivity index (χ4n) is 4.42. The number of carbonyl (C=O) groups is 1. The highest BCUT2D eigenvalue weighted by Crippen LogP contribution is 2.39. The maximum Gasteiger partial charge on any atom is 0.254 e. The lowest BCUT2D eigenvalue weighted by Crippen LogP contribution is -2.52. The first-order valence-electron chi connectivity index (χ1n) is 8.99. The van der Waals surface area contributed by atoms with Gasteiger partial charge in [0, 0.05) is 36.7 Å². The van der Waals surface area contributed by atoms with Gasteiger partial charge in [-0.3, -0.25) is 9.36 Å². The van der Waals surface area contributed by atoms with E-state index in [9.17, 15) is 4.79 Å². The fourth-order valence-corrected chi connectivity index (χ4v) is 4.42. The number of rotatable bonds is 2. The Hall–Kier alpha value is -2.17. The molecule has 2 aromatic heterocycles. The second-order valence-corrected chi connectivity index (χ2v) is 7.15. The van der Waals surface area contributed by atoms with Crippen LogP contribution < -0.4 is 0 Å². The Labute approximate surface area is 142 Å². The highest BCUT2D eigenvalue weighted by molar-refractivity contribution is 5.94. The zero-order valence-electron chi connectivity index (χ0n) is 14.1. The third-order valence-corrected chi connectivity index (χ3v) is 5.76. The van der Waals surface area contributed by atoms with Gasteiger partial charge in [0.2, 0.25) is 0 Å². The Morgan fingerprint density at radius 1 is 1.21 bits per heavy atom. The first kappa shape index (κ1) is 15.4. The normalized spacial score (nSPS) is 26.9. The first-order valence-corrected chi connectivity index (χ1v) is 8.99. The summed E-state index contributed by atoms with van der Waals surface area (Å²) < 4.78 is 1.83. The SMILES string of the molecule is C[C@@H]1CCN(C(=O)c2ccnc(-n3ccnc3)c2)[C@@H]2CCCC[C@H]12. The average molecular weight is 324 g/mol. The second-order valence-electron chi connectivity index (χ2n) is 7.15. The van der Waals surface area contributed by atoms with E-state index in [1.54, 1.807) is 18.7 Å². The van der Waals surface area contributed by atoms with Crippen LogP contribution >= 0.6 is 0 Å². The molecule has 5 heteroatoms. The molecule has 4 rings (SSSR count). The summed E-state index contributed by atoms with van der Waals surface area (Å²) in [6, 6.07) is 4.12. The molecule has 24 heavy (non-hydrogen) atoms. The molecule has 0 N–H and O–H groups in total. The van der Waals surface area contributed by atoms with Crippen molar-refractivity contribution in [3.05, 3.63) is 42.6 Å². The molecule has 1 amide bonds. The summed E-state index contributed by atoms with van der Waals surface area (Å²) in [5, 5.41) is 0. The molecule has 1 aliphatic carbocycles. The maximum absolute atomic E-state index is 13.2. The summed E-state index contributed by atoms with van der Waals surface area (Å²) in [5.41, 5.74) is 0.729. The van der Waals surface area contributed by atoms with E-state index in [0.717, 1.165) is 36.7 Å². The average Bonchev–Trinajstić information content (AvgIpc) is 3.17. The van der Waals surface area contributed by atoms with E-state index in [1.165, 1.54) is 19.3 Å². The van der Waals surface area contributed by atoms with E-state index >= 15 is 0 Å². The quantitative estimate of drug-likeness (QED) is 0.851. The van der Waals surface area contributed by atoms with Crippen molar-refractivity contribution in [3.63, 3.8) is 0 Å². The highest BCUT2D eigenvalue weighted by Gasteiger charge is 2.39. The van der Waals surface area contributed by atoms with Crippen molar-refractivity contribution in [1.29, 1.82) is 0 Å². The highest BCUT2D eigenvalue weighted by atomic mass is 16.2. The molecule has 3 atom stereocenters. The van der Waals surface area contributed by atoms with Crippen LogP contribution in [0.15, 0.2) is 37.1 Å². The topological polar surface area (TPSA) is 51.0 Å². The van der Waals surface area contributed by atoms with Crippen molar-refractivity contribution in [3.8, 4) is 5.82 Å². The molecule has 0 radical (unpaired) electrons. The maximum atomic E-state index is 13.2. The van der Waals surface area contributed by atoms with E-state index in [2.05, 4.69) is 21.8 Å². The zero-order chi connectivity index (χ0) is 16.5. The molecule has 2 fully saturated rings. The van der Waals surface area contributed by atoms with Crippen LogP contribution in [0.2, 0.25) is 0 Å². The molecule has 0 aromatic carbocycles. The Kier molecular flexibility index (Phi) is 4.08. The minimum absolute atomic E-state index is 0.155. The number of aromatic nitrogens is 3. The number of carbonyl (C=O) groups excluding carboxylic acids is 1. The number of likely N-dealkylation sites (tertiary alicyclic amines) is 1. The van der Waals surface area contributed by atoms with Crippen LogP contribution in [0.4, 0.5) is 0 Å². The third kappa shape index (κ3) is 2.72. The van der Waals surface area contributed by atoms with Crippen LogP contribution in [0.5, 0.6) is 0 Å². The Bertz CT molecular complexity index is 712. The molecule has 1 saturated heterocycles. The summed E-state index contributed by atoms with van der Waals surface area (Å²) in [4.78, 5) is 23.7. The number of hydrogen-bond donors (Lipinski definition) is 0. The van der Waals surface area contributed by atoms with Crippen LogP contribution in [0.1, 0.15) is 49.4 Å². The van der Waals surface area contributed by atoms with E-state index in [4.69, 9.17) is 0 Å². The van der Waals surface area contributed by atoms with Crippen molar-refractivity contribution in [1.82, 2.24) is 19.4 Å². The minimum Gasteiger partial charge on any atom is -0.335 e. The largest absolute Gasteiger partial charge is 0.335 e. The number of nitrogens with zero attached hydrogens (tertiary/aromatic N) is 4. The molecule has 1 saturated carbocycles. The van der Waals surface area contributed by atoms with E-state index in [-0.39, 0.29) is 5.91 Å². The lowest BCUT2D eigenvalue weighted by Gasteiger charge is -2.47. The van der Waals surface area contributed by atoms with Gasteiger partial charge in [-0.15, -0.1) is 0 Å². The predicted molar refractivity (Wildman–Crippen MR) is 91.9 cm³/mol. The molecular weight excluding hydrogens is 300 g/mol. The summed E-state index contributed by atoms with van der Waals surface area (Å²) >= 11 is 0. The molecule has 2 aromatic rings. The molecule has 0 spiro atoms. The smallest absolute Gasteiger partial charge is 0.254 e. The van der Waals surface area contributed by atoms with Crippen LogP contribution in [-0.2, 0) is 0 Å². The summed E-state index contributed by atoms with van der Waals surface area (Å²) in [6.07, 6.45) is 13.1. The van der Waals surface area contributed by atoms with Crippen molar-refractivity contribution in [2.75, 3.05) is 6.54 Å². The van der Waals surface area contributed by atoms with Crippen molar-refractivity contribution >= 4 is 5.91 Å². The third-order valence-electron chi connectivity index (χ3n) is 5.76. The second kappa shape index (κ2) is 6.38. The van der Waals surface area contributed by atoms with Crippen LogP contribution in [0.25, 0.3) is 5.82 Å². The van der Waals surface area contributed by atoms with Crippen molar-refractivity contribution in [2.24, 2.45) is 11.8 Å². The summed E-state index contributed by atoms with van der Waals surface area (Å²) in [6.45, 7) is 3.23. The number of pyridine rings is 1. The Balaban J connectivity index is 1.60. The molecular formula is C19H24N4O. The van der Waals surface area contributed by atoms with Gasteiger partial charge < -0.3 is 4.90 Å². The fraction of sp³-hybridized carbons (Fsp3) is 0.526. The lowest BCUT2D eigenvalue weighted by molar-refractivity contribution is 0.0217. The summed E-state index contributed by atoms with van der Waals surface area (Å²) in [5.74, 6) is 2.30. The minimum atomic E-state index is 0.155. The first-order chi connectivity index (χ1) is 11.7. The molecule has 0 bridgehead atoms. The molecule has 2 aliphatic rings. The van der Waals surface area contributed by atoms with E-state index in [0.29, 0.717) is 12.0 Å². The molecule has 126 valence electrons. The predicted octanol–water partition coefficient (Wildman–Crippen LogP) is 3.31. The number of piperidine rings is 1. The number of imidazole rings is 1. The van der Waals surface area contributed by atoms with Gasteiger partial charge in [-0.2, -0.15) is 0 Å². The van der Waals surface area contributed by atoms with Gasteiger partial charge in [0.1, 0.15) is 12.1 Å². The zero-order valence-corrected chi connectivity index (χ0v) is 14.1. The van der Waals surface area contributed by atoms with E-state index < -0.39 is 0 Å². The van der Waals surface area contributed by atoms with Gasteiger partial charge in [-0.25, -0.2) is 9.97 Å². The molecule has 5 nitrogen and oxygen atoms in total. The van der Waals surface area contributed by atoms with Gasteiger partial charge in [-0.1, -0.05) is 19.8 Å². The monoisotopic (exact) mass is 324 g/mol. The van der Waals surface area contributed by atoms with Crippen LogP contribution in [0.3, 0.4) is 0 Å². The Morgan fingerprint density at radius 2 is 2.08 bits per heavy atom. The van der Waals surface area contributed by atoms with Crippen molar-refractivity contribution < 1.29 is 4.79 Å². The van der Waals surface area contributed by atoms with Crippen molar-refractivity contribution in [2.45, 2.75) is 45.1 Å². The van der Waals surface area contributed by atoms with Gasteiger partial charge in [-0.05, 0) is 43.2 Å². The summed E-state index contributed by atoms with van der Waals surface area (Å²) in [7, 11) is 0. The standard InChI is InChI=1S/C19H24N4O/c1-14-7-10-23(17-5-3-2-4-16(14)17)19(24)15-6-8-21-18(12-15)22-11-9-20-13-22/h6,8-9,11-14,16-17H,2-5,7,10H2,1H3/t14-,16-,17-/m1/s1. The van der Waals surface area contributed by atoms with Crippen LogP contribution in [-0.4, -0.2) is 37.9 Å². The van der Waals surface area contributed by atoms with Gasteiger partial charge in [0.05, 0.1) is 0 Å². The number of fused-ring (bicyclic) bond motifs is 1. The molecule has 1 aliphatic heterocycles. The Morgan fingerprint density at radius 3 is 2.92 bits per heavy atom. The van der Waals surface area contributed by atoms with Gasteiger partial charge >= 0.3 is 0 Å². The van der Waals surface area contributed by atoms with Crippen LogP contribution in [0, 0.1) is 11.8 Å². The lowest BCUT2D eigenvalue weighted by atomic mass is 9.72. The molecule has 3 heterocycles.